The van der Waals surface area contributed by atoms with Gasteiger partial charge in [0.15, 0.2) is 0 Å². The van der Waals surface area contributed by atoms with E-state index in [0.717, 1.165) is 29.5 Å². The Morgan fingerprint density at radius 3 is 3.04 bits per heavy atom. The zero-order valence-electron chi connectivity index (χ0n) is 15.3. The lowest BCUT2D eigenvalue weighted by Crippen LogP contribution is -2.35. The second-order valence-electron chi connectivity index (χ2n) is 6.70. The van der Waals surface area contributed by atoms with Gasteiger partial charge in [-0.25, -0.2) is 4.98 Å². The highest BCUT2D eigenvalue weighted by molar-refractivity contribution is 7.18. The second-order valence-corrected chi connectivity index (χ2v) is 7.78. The Bertz CT molecular complexity index is 814. The summed E-state index contributed by atoms with van der Waals surface area (Å²) in [6.07, 6.45) is 5.57. The van der Waals surface area contributed by atoms with E-state index in [1.165, 1.54) is 16.9 Å². The molecular formula is C19H27N3O3S. The van der Waals surface area contributed by atoms with Crippen molar-refractivity contribution in [1.29, 1.82) is 0 Å². The van der Waals surface area contributed by atoms with Crippen molar-refractivity contribution in [3.8, 4) is 0 Å². The zero-order valence-corrected chi connectivity index (χ0v) is 16.1. The van der Waals surface area contributed by atoms with Gasteiger partial charge in [0.1, 0.15) is 10.7 Å². The van der Waals surface area contributed by atoms with Crippen molar-refractivity contribution in [2.75, 3.05) is 26.3 Å². The van der Waals surface area contributed by atoms with Gasteiger partial charge in [-0.3, -0.25) is 9.69 Å². The number of ether oxygens (including phenoxy) is 1. The molecule has 2 N–H and O–H groups in total. The molecule has 7 heteroatoms. The Labute approximate surface area is 157 Å². The molecule has 2 aromatic rings. The summed E-state index contributed by atoms with van der Waals surface area (Å²) in [4.78, 5) is 24.4. The van der Waals surface area contributed by atoms with Gasteiger partial charge >= 0.3 is 0 Å². The maximum absolute atomic E-state index is 12.6. The molecule has 1 unspecified atom stereocenters. The van der Waals surface area contributed by atoms with E-state index in [-0.39, 0.29) is 5.56 Å². The number of aryl methyl sites for hydroxylation is 2. The molecule has 26 heavy (non-hydrogen) atoms. The van der Waals surface area contributed by atoms with Crippen LogP contribution in [-0.2, 0) is 24.1 Å². The number of aromatic nitrogens is 2. The Hall–Kier alpha value is -1.54. The van der Waals surface area contributed by atoms with E-state index < -0.39 is 6.10 Å². The van der Waals surface area contributed by atoms with Crippen molar-refractivity contribution >= 4 is 21.6 Å². The van der Waals surface area contributed by atoms with Crippen LogP contribution in [-0.4, -0.2) is 52.4 Å². The molecule has 0 fully saturated rings. The molecule has 1 aliphatic rings. The maximum atomic E-state index is 12.6. The van der Waals surface area contributed by atoms with Gasteiger partial charge in [-0.2, -0.15) is 0 Å². The summed E-state index contributed by atoms with van der Waals surface area (Å²) in [5.74, 6) is 0.631. The Kier molecular flexibility index (Phi) is 6.58. The molecule has 2 aromatic heterocycles. The Morgan fingerprint density at radius 1 is 1.46 bits per heavy atom. The van der Waals surface area contributed by atoms with Gasteiger partial charge in [-0.05, 0) is 38.2 Å². The number of aromatic amines is 1. The smallest absolute Gasteiger partial charge is 0.259 e. The molecule has 3 rings (SSSR count). The molecule has 0 saturated heterocycles. The van der Waals surface area contributed by atoms with Crippen LogP contribution < -0.4 is 5.56 Å². The lowest BCUT2D eigenvalue weighted by Gasteiger charge is -2.23. The highest BCUT2D eigenvalue weighted by atomic mass is 32.1. The van der Waals surface area contributed by atoms with Crippen LogP contribution in [0.5, 0.6) is 0 Å². The van der Waals surface area contributed by atoms with Gasteiger partial charge < -0.3 is 14.8 Å². The third-order valence-corrected chi connectivity index (χ3v) is 5.80. The van der Waals surface area contributed by atoms with Gasteiger partial charge in [0.2, 0.25) is 0 Å². The van der Waals surface area contributed by atoms with Gasteiger partial charge in [0.25, 0.3) is 5.56 Å². The lowest BCUT2D eigenvalue weighted by molar-refractivity contribution is 0.0214. The highest BCUT2D eigenvalue weighted by Gasteiger charge is 2.20. The minimum absolute atomic E-state index is 0.0437. The largest absolute Gasteiger partial charge is 0.389 e. The SMILES string of the molecule is C=CCN(Cc1nc2sc3c(c2c(=O)[nH]1)CCCC3)CC(O)COCC. The standard InChI is InChI=1S/C19H27N3O3S/c1-3-9-22(10-13(23)12-25-4-2)11-16-20-18(24)17-14-7-5-6-8-15(14)26-19(17)21-16/h3,13,23H,1,4-12H2,2H3,(H,20,21,24). The summed E-state index contributed by atoms with van der Waals surface area (Å²) < 4.78 is 5.27. The minimum Gasteiger partial charge on any atom is -0.389 e. The summed E-state index contributed by atoms with van der Waals surface area (Å²) in [5.41, 5.74) is 1.16. The number of rotatable bonds is 9. The van der Waals surface area contributed by atoms with E-state index in [1.54, 1.807) is 17.4 Å². The monoisotopic (exact) mass is 377 g/mol. The van der Waals surface area contributed by atoms with E-state index >= 15 is 0 Å². The van der Waals surface area contributed by atoms with Crippen LogP contribution in [0.25, 0.3) is 10.2 Å². The van der Waals surface area contributed by atoms with E-state index in [2.05, 4.69) is 11.6 Å². The predicted octanol–water partition coefficient (Wildman–Crippen LogP) is 2.25. The van der Waals surface area contributed by atoms with Crippen LogP contribution in [0.1, 0.15) is 36.0 Å². The van der Waals surface area contributed by atoms with E-state index in [4.69, 9.17) is 9.72 Å². The Morgan fingerprint density at radius 2 is 2.27 bits per heavy atom. The topological polar surface area (TPSA) is 78.5 Å². The van der Waals surface area contributed by atoms with Gasteiger partial charge in [0.05, 0.1) is 24.6 Å². The quantitative estimate of drug-likeness (QED) is 0.656. The molecular weight excluding hydrogens is 350 g/mol. The summed E-state index contributed by atoms with van der Waals surface area (Å²) in [6, 6.07) is 0. The first-order chi connectivity index (χ1) is 12.6. The average Bonchev–Trinajstić information content (AvgIpc) is 2.98. The number of thiophene rings is 1. The molecule has 0 aromatic carbocycles. The third-order valence-electron chi connectivity index (χ3n) is 4.62. The molecule has 0 saturated carbocycles. The van der Waals surface area contributed by atoms with Crippen molar-refractivity contribution < 1.29 is 9.84 Å². The first-order valence-corrected chi connectivity index (χ1v) is 10.1. The van der Waals surface area contributed by atoms with Crippen LogP contribution >= 0.6 is 11.3 Å². The fourth-order valence-corrected chi connectivity index (χ4v) is 4.77. The van der Waals surface area contributed by atoms with Crippen molar-refractivity contribution in [3.63, 3.8) is 0 Å². The summed E-state index contributed by atoms with van der Waals surface area (Å²) in [7, 11) is 0. The summed E-state index contributed by atoms with van der Waals surface area (Å²) >= 11 is 1.65. The molecule has 2 heterocycles. The maximum Gasteiger partial charge on any atom is 0.259 e. The third kappa shape index (κ3) is 4.40. The van der Waals surface area contributed by atoms with Crippen LogP contribution in [0.4, 0.5) is 0 Å². The fourth-order valence-electron chi connectivity index (χ4n) is 3.49. The van der Waals surface area contributed by atoms with Crippen molar-refractivity contribution in [1.82, 2.24) is 14.9 Å². The van der Waals surface area contributed by atoms with E-state index in [0.29, 0.717) is 38.7 Å². The molecule has 0 radical (unpaired) electrons. The van der Waals surface area contributed by atoms with Gasteiger partial charge in [0, 0.05) is 24.6 Å². The number of aliphatic hydroxyl groups excluding tert-OH is 1. The first-order valence-electron chi connectivity index (χ1n) is 9.24. The molecule has 0 amide bonds. The molecule has 6 nitrogen and oxygen atoms in total. The van der Waals surface area contributed by atoms with Crippen LogP contribution in [0.3, 0.4) is 0 Å². The van der Waals surface area contributed by atoms with Gasteiger partial charge in [-0.15, -0.1) is 17.9 Å². The molecule has 0 bridgehead atoms. The second kappa shape index (κ2) is 8.90. The number of hydrogen-bond acceptors (Lipinski definition) is 6. The van der Waals surface area contributed by atoms with Crippen LogP contribution in [0.15, 0.2) is 17.4 Å². The van der Waals surface area contributed by atoms with Crippen molar-refractivity contribution in [3.05, 3.63) is 39.3 Å². The summed E-state index contributed by atoms with van der Waals surface area (Å²) in [6.45, 7) is 8.06. The van der Waals surface area contributed by atoms with Gasteiger partial charge in [-0.1, -0.05) is 6.08 Å². The lowest BCUT2D eigenvalue weighted by atomic mass is 9.97. The number of H-pyrrole nitrogens is 1. The normalized spacial score (nSPS) is 15.3. The molecule has 1 aliphatic carbocycles. The summed E-state index contributed by atoms with van der Waals surface area (Å²) in [5, 5.41) is 10.9. The fraction of sp³-hybridized carbons (Fsp3) is 0.579. The number of aliphatic hydroxyl groups is 1. The van der Waals surface area contributed by atoms with Crippen molar-refractivity contribution in [2.24, 2.45) is 0 Å². The number of nitrogens with one attached hydrogen (secondary N) is 1. The minimum atomic E-state index is -0.584. The predicted molar refractivity (Wildman–Crippen MR) is 105 cm³/mol. The zero-order chi connectivity index (χ0) is 18.5. The van der Waals surface area contributed by atoms with Crippen LogP contribution in [0, 0.1) is 0 Å². The number of nitrogens with zero attached hydrogens (tertiary/aromatic N) is 2. The van der Waals surface area contributed by atoms with E-state index in [9.17, 15) is 9.90 Å². The molecule has 142 valence electrons. The highest BCUT2D eigenvalue weighted by Crippen LogP contribution is 2.33. The Balaban J connectivity index is 1.80. The number of hydrogen-bond donors (Lipinski definition) is 2. The van der Waals surface area contributed by atoms with E-state index in [1.807, 2.05) is 11.8 Å². The van der Waals surface area contributed by atoms with Crippen LogP contribution in [0.2, 0.25) is 0 Å². The average molecular weight is 378 g/mol. The molecule has 1 atom stereocenters. The van der Waals surface area contributed by atoms with Crippen molar-refractivity contribution in [2.45, 2.75) is 45.3 Å². The number of fused-ring (bicyclic) bond motifs is 3. The first kappa shape index (κ1) is 19.2. The molecule has 0 aliphatic heterocycles. The molecule has 0 spiro atoms.